The van der Waals surface area contributed by atoms with E-state index in [2.05, 4.69) is 10.6 Å². The first-order valence-electron chi connectivity index (χ1n) is 8.01. The average Bonchev–Trinajstić information content (AvgIpc) is 2.60. The maximum Gasteiger partial charge on any atom is 0.251 e. The molecule has 0 unspecified atom stereocenters. The first-order valence-corrected chi connectivity index (χ1v) is 8.01. The maximum atomic E-state index is 12.9. The van der Waals surface area contributed by atoms with Crippen molar-refractivity contribution < 1.29 is 14.0 Å². The summed E-state index contributed by atoms with van der Waals surface area (Å²) in [5.74, 6) is -0.814. The monoisotopic (exact) mass is 343 g/mol. The standard InChI is InChI=1S/C19H22FN3O2/c1-23(2)11-10-21-18(24)15-4-3-5-16(12-15)19(25)22-13-14-6-8-17(20)9-7-14/h3-9,12H,10-11,13H2,1-2H3,(H,21,24)(H,22,25). The molecule has 25 heavy (non-hydrogen) atoms. The minimum Gasteiger partial charge on any atom is -0.351 e. The van der Waals surface area contributed by atoms with Gasteiger partial charge < -0.3 is 15.5 Å². The molecule has 0 bridgehead atoms. The van der Waals surface area contributed by atoms with Crippen LogP contribution in [0.2, 0.25) is 0 Å². The fourth-order valence-corrected chi connectivity index (χ4v) is 2.18. The number of hydrogen-bond donors (Lipinski definition) is 2. The largest absolute Gasteiger partial charge is 0.351 e. The number of benzene rings is 2. The van der Waals surface area contributed by atoms with Crippen LogP contribution in [0.15, 0.2) is 48.5 Å². The molecule has 2 N–H and O–H groups in total. The van der Waals surface area contributed by atoms with Crippen LogP contribution >= 0.6 is 0 Å². The van der Waals surface area contributed by atoms with Crippen molar-refractivity contribution in [3.05, 3.63) is 71.0 Å². The minimum absolute atomic E-state index is 0.213. The van der Waals surface area contributed by atoms with Crippen LogP contribution in [0.25, 0.3) is 0 Å². The Morgan fingerprint density at radius 2 is 1.56 bits per heavy atom. The van der Waals surface area contributed by atoms with Gasteiger partial charge in [0, 0.05) is 30.8 Å². The summed E-state index contributed by atoms with van der Waals surface area (Å²) in [6, 6.07) is 12.5. The number of halogens is 1. The van der Waals surface area contributed by atoms with Crippen LogP contribution in [0.5, 0.6) is 0 Å². The molecule has 2 aromatic rings. The van der Waals surface area contributed by atoms with Crippen LogP contribution in [0.1, 0.15) is 26.3 Å². The van der Waals surface area contributed by atoms with Crippen molar-refractivity contribution in [1.29, 1.82) is 0 Å². The molecule has 0 fully saturated rings. The highest BCUT2D eigenvalue weighted by atomic mass is 19.1. The van der Waals surface area contributed by atoms with Gasteiger partial charge in [0.2, 0.25) is 0 Å². The predicted molar refractivity (Wildman–Crippen MR) is 94.9 cm³/mol. The van der Waals surface area contributed by atoms with Crippen LogP contribution < -0.4 is 10.6 Å². The van der Waals surface area contributed by atoms with E-state index in [4.69, 9.17) is 0 Å². The van der Waals surface area contributed by atoms with E-state index in [1.54, 1.807) is 36.4 Å². The Morgan fingerprint density at radius 1 is 0.960 bits per heavy atom. The quantitative estimate of drug-likeness (QED) is 0.809. The Hall–Kier alpha value is -2.73. The number of likely N-dealkylation sites (N-methyl/N-ethyl adjacent to an activating group) is 1. The minimum atomic E-state index is -0.317. The highest BCUT2D eigenvalue weighted by Gasteiger charge is 2.10. The lowest BCUT2D eigenvalue weighted by atomic mass is 10.1. The summed E-state index contributed by atoms with van der Waals surface area (Å²) in [7, 11) is 3.86. The van der Waals surface area contributed by atoms with Crippen molar-refractivity contribution in [2.45, 2.75) is 6.54 Å². The fraction of sp³-hybridized carbons (Fsp3) is 0.263. The topological polar surface area (TPSA) is 61.4 Å². The van der Waals surface area contributed by atoms with Crippen molar-refractivity contribution in [3.63, 3.8) is 0 Å². The molecule has 0 saturated heterocycles. The van der Waals surface area contributed by atoms with Crippen LogP contribution in [0.4, 0.5) is 4.39 Å². The molecule has 0 radical (unpaired) electrons. The second-order valence-electron chi connectivity index (χ2n) is 5.95. The number of rotatable bonds is 7. The molecule has 0 aliphatic rings. The van der Waals surface area contributed by atoms with E-state index in [-0.39, 0.29) is 17.6 Å². The van der Waals surface area contributed by atoms with Gasteiger partial charge in [0.05, 0.1) is 0 Å². The lowest BCUT2D eigenvalue weighted by Gasteiger charge is -2.11. The number of amides is 2. The van der Waals surface area contributed by atoms with Crippen molar-refractivity contribution in [2.24, 2.45) is 0 Å². The Kier molecular flexibility index (Phi) is 6.65. The average molecular weight is 343 g/mol. The van der Waals surface area contributed by atoms with E-state index in [0.29, 0.717) is 24.2 Å². The van der Waals surface area contributed by atoms with Gasteiger partial charge in [-0.15, -0.1) is 0 Å². The highest BCUT2D eigenvalue weighted by Crippen LogP contribution is 2.07. The molecule has 0 spiro atoms. The van der Waals surface area contributed by atoms with Gasteiger partial charge in [-0.1, -0.05) is 18.2 Å². The van der Waals surface area contributed by atoms with E-state index in [9.17, 15) is 14.0 Å². The summed E-state index contributed by atoms with van der Waals surface area (Å²) >= 11 is 0. The van der Waals surface area contributed by atoms with Gasteiger partial charge in [0.25, 0.3) is 11.8 Å². The number of nitrogens with one attached hydrogen (secondary N) is 2. The first kappa shape index (κ1) is 18.6. The summed E-state index contributed by atoms with van der Waals surface area (Å²) in [5, 5.41) is 5.57. The van der Waals surface area contributed by atoms with Crippen LogP contribution in [0.3, 0.4) is 0 Å². The molecule has 0 heterocycles. The van der Waals surface area contributed by atoms with E-state index in [1.807, 2.05) is 19.0 Å². The van der Waals surface area contributed by atoms with Gasteiger partial charge in [-0.2, -0.15) is 0 Å². The zero-order valence-electron chi connectivity index (χ0n) is 14.4. The Balaban J connectivity index is 1.93. The molecular formula is C19H22FN3O2. The summed E-state index contributed by atoms with van der Waals surface area (Å²) in [4.78, 5) is 26.3. The lowest BCUT2D eigenvalue weighted by Crippen LogP contribution is -2.31. The van der Waals surface area contributed by atoms with Gasteiger partial charge in [-0.3, -0.25) is 9.59 Å². The van der Waals surface area contributed by atoms with Crippen LogP contribution in [-0.2, 0) is 6.54 Å². The van der Waals surface area contributed by atoms with Gasteiger partial charge >= 0.3 is 0 Å². The molecule has 0 aliphatic carbocycles. The Bertz CT molecular complexity index is 730. The van der Waals surface area contributed by atoms with E-state index in [1.165, 1.54) is 12.1 Å². The number of carbonyl (C=O) groups is 2. The first-order chi connectivity index (χ1) is 12.0. The van der Waals surface area contributed by atoms with E-state index >= 15 is 0 Å². The molecule has 0 saturated carbocycles. The SMILES string of the molecule is CN(C)CCNC(=O)c1cccc(C(=O)NCc2ccc(F)cc2)c1. The molecule has 6 heteroatoms. The molecule has 0 aromatic heterocycles. The third-order valence-corrected chi connectivity index (χ3v) is 3.60. The zero-order valence-corrected chi connectivity index (χ0v) is 14.4. The van der Waals surface area contributed by atoms with Gasteiger partial charge in [0.15, 0.2) is 0 Å². The Labute approximate surface area is 146 Å². The van der Waals surface area contributed by atoms with Crippen molar-refractivity contribution >= 4 is 11.8 Å². The normalized spacial score (nSPS) is 10.6. The highest BCUT2D eigenvalue weighted by molar-refractivity contribution is 5.99. The molecule has 0 atom stereocenters. The second-order valence-corrected chi connectivity index (χ2v) is 5.95. The number of nitrogens with zero attached hydrogens (tertiary/aromatic N) is 1. The summed E-state index contributed by atoms with van der Waals surface area (Å²) in [6.45, 7) is 1.56. The fourth-order valence-electron chi connectivity index (χ4n) is 2.18. The van der Waals surface area contributed by atoms with Crippen molar-refractivity contribution in [2.75, 3.05) is 27.2 Å². The summed E-state index contributed by atoms with van der Waals surface area (Å²) in [5.41, 5.74) is 1.64. The van der Waals surface area contributed by atoms with Crippen LogP contribution in [-0.4, -0.2) is 43.9 Å². The molecule has 5 nitrogen and oxygen atoms in total. The second kappa shape index (κ2) is 8.94. The van der Waals surface area contributed by atoms with E-state index < -0.39 is 0 Å². The lowest BCUT2D eigenvalue weighted by molar-refractivity contribution is 0.0950. The predicted octanol–water partition coefficient (Wildman–Crippen LogP) is 2.05. The van der Waals surface area contributed by atoms with Crippen LogP contribution in [0, 0.1) is 5.82 Å². The number of carbonyl (C=O) groups excluding carboxylic acids is 2. The molecule has 132 valence electrons. The molecule has 2 aromatic carbocycles. The number of hydrogen-bond acceptors (Lipinski definition) is 3. The molecular weight excluding hydrogens is 321 g/mol. The van der Waals surface area contributed by atoms with Crippen molar-refractivity contribution in [3.8, 4) is 0 Å². The smallest absolute Gasteiger partial charge is 0.251 e. The third-order valence-electron chi connectivity index (χ3n) is 3.60. The van der Waals surface area contributed by atoms with Gasteiger partial charge in [0.1, 0.15) is 5.82 Å². The summed E-state index contributed by atoms with van der Waals surface area (Å²) < 4.78 is 12.9. The van der Waals surface area contributed by atoms with Gasteiger partial charge in [-0.25, -0.2) is 4.39 Å². The summed E-state index contributed by atoms with van der Waals surface area (Å²) in [6.07, 6.45) is 0. The molecule has 2 amide bonds. The van der Waals surface area contributed by atoms with Crippen molar-refractivity contribution in [1.82, 2.24) is 15.5 Å². The van der Waals surface area contributed by atoms with E-state index in [0.717, 1.165) is 12.1 Å². The maximum absolute atomic E-state index is 12.9. The molecule has 0 aliphatic heterocycles. The van der Waals surface area contributed by atoms with Gasteiger partial charge in [-0.05, 0) is 50.0 Å². The third kappa shape index (κ3) is 6.00. The Morgan fingerprint density at radius 3 is 2.16 bits per heavy atom. The molecule has 2 rings (SSSR count). The zero-order chi connectivity index (χ0) is 18.2.